The Bertz CT molecular complexity index is 392. The Morgan fingerprint density at radius 3 is 2.54 bits per heavy atom. The lowest BCUT2D eigenvalue weighted by atomic mass is 9.92. The molecule has 1 aliphatic heterocycles. The van der Waals surface area contributed by atoms with E-state index in [9.17, 15) is 13.2 Å². The molecule has 2 fully saturated rings. The maximum Gasteiger partial charge on any atom is 0.390 e. The molecule has 2 rings (SSSR count). The molecule has 2 N–H and O–H groups in total. The predicted octanol–water partition coefficient (Wildman–Crippen LogP) is 3.29. The van der Waals surface area contributed by atoms with Gasteiger partial charge in [0.05, 0.1) is 13.0 Å². The van der Waals surface area contributed by atoms with Gasteiger partial charge in [0.1, 0.15) is 0 Å². The first kappa shape index (κ1) is 19.3. The molecule has 1 saturated heterocycles. The minimum Gasteiger partial charge on any atom is -0.357 e. The second-order valence-electron chi connectivity index (χ2n) is 6.90. The highest BCUT2D eigenvalue weighted by atomic mass is 19.4. The zero-order chi connectivity index (χ0) is 17.4. The largest absolute Gasteiger partial charge is 0.390 e. The summed E-state index contributed by atoms with van der Waals surface area (Å²) in [4.78, 5) is 6.66. The van der Waals surface area contributed by atoms with Crippen molar-refractivity contribution in [1.29, 1.82) is 0 Å². The Labute approximate surface area is 143 Å². The molecule has 0 amide bonds. The maximum absolute atomic E-state index is 12.3. The van der Waals surface area contributed by atoms with Gasteiger partial charge in [-0.15, -0.1) is 0 Å². The number of likely N-dealkylation sites (tertiary alicyclic amines) is 1. The van der Waals surface area contributed by atoms with Crippen molar-refractivity contribution in [2.24, 2.45) is 4.99 Å². The van der Waals surface area contributed by atoms with E-state index >= 15 is 0 Å². The molecule has 24 heavy (non-hydrogen) atoms. The van der Waals surface area contributed by atoms with Crippen molar-refractivity contribution in [2.45, 2.75) is 76.6 Å². The highest BCUT2D eigenvalue weighted by Gasteiger charge is 2.28. The maximum atomic E-state index is 12.3. The van der Waals surface area contributed by atoms with E-state index < -0.39 is 12.6 Å². The smallest absolute Gasteiger partial charge is 0.357 e. The van der Waals surface area contributed by atoms with Gasteiger partial charge in [0.15, 0.2) is 5.96 Å². The van der Waals surface area contributed by atoms with Crippen LogP contribution in [-0.2, 0) is 0 Å². The molecule has 0 bridgehead atoms. The lowest BCUT2D eigenvalue weighted by Gasteiger charge is -2.40. The van der Waals surface area contributed by atoms with Crippen LogP contribution in [0, 0.1) is 0 Å². The molecule has 0 spiro atoms. The Balaban J connectivity index is 1.84. The predicted molar refractivity (Wildman–Crippen MR) is 91.3 cm³/mol. The number of guanidine groups is 1. The van der Waals surface area contributed by atoms with Gasteiger partial charge in [-0.25, -0.2) is 0 Å². The van der Waals surface area contributed by atoms with E-state index in [0.717, 1.165) is 25.9 Å². The average Bonchev–Trinajstić information content (AvgIpc) is 2.55. The molecule has 1 atom stereocenters. The summed E-state index contributed by atoms with van der Waals surface area (Å²) in [7, 11) is 0. The molecule has 0 aromatic rings. The van der Waals surface area contributed by atoms with Crippen LogP contribution in [0.4, 0.5) is 13.2 Å². The van der Waals surface area contributed by atoms with Crippen LogP contribution >= 0.6 is 0 Å². The van der Waals surface area contributed by atoms with E-state index in [-0.39, 0.29) is 12.6 Å². The molecule has 7 heteroatoms. The molecule has 0 radical (unpaired) electrons. The second-order valence-corrected chi connectivity index (χ2v) is 6.90. The van der Waals surface area contributed by atoms with E-state index in [0.29, 0.717) is 18.5 Å². The summed E-state index contributed by atoms with van der Waals surface area (Å²) >= 11 is 0. The van der Waals surface area contributed by atoms with Crippen LogP contribution in [0.1, 0.15) is 58.3 Å². The molecule has 1 heterocycles. The Hall–Kier alpha value is -0.980. The van der Waals surface area contributed by atoms with Crippen molar-refractivity contribution < 1.29 is 13.2 Å². The van der Waals surface area contributed by atoms with E-state index in [2.05, 4.69) is 20.5 Å². The van der Waals surface area contributed by atoms with Gasteiger partial charge in [0.2, 0.25) is 0 Å². The highest BCUT2D eigenvalue weighted by Crippen LogP contribution is 2.25. The van der Waals surface area contributed by atoms with Gasteiger partial charge in [0, 0.05) is 25.2 Å². The van der Waals surface area contributed by atoms with Crippen LogP contribution in [-0.4, -0.2) is 55.3 Å². The quantitative estimate of drug-likeness (QED) is 0.592. The number of halogens is 3. The van der Waals surface area contributed by atoms with Gasteiger partial charge in [-0.1, -0.05) is 19.3 Å². The fourth-order valence-electron chi connectivity index (χ4n) is 3.71. The topological polar surface area (TPSA) is 39.7 Å². The zero-order valence-electron chi connectivity index (χ0n) is 14.7. The normalized spacial score (nSPS) is 24.8. The summed E-state index contributed by atoms with van der Waals surface area (Å²) in [5.41, 5.74) is 0. The number of nitrogens with zero attached hydrogens (tertiary/aromatic N) is 2. The van der Waals surface area contributed by atoms with Crippen LogP contribution in [0.15, 0.2) is 4.99 Å². The van der Waals surface area contributed by atoms with Crippen LogP contribution in [0.25, 0.3) is 0 Å². The first-order chi connectivity index (χ1) is 11.5. The third kappa shape index (κ3) is 6.87. The van der Waals surface area contributed by atoms with E-state index in [4.69, 9.17) is 0 Å². The van der Waals surface area contributed by atoms with E-state index in [1.165, 1.54) is 32.1 Å². The molecule has 1 saturated carbocycles. The lowest BCUT2D eigenvalue weighted by Crippen LogP contribution is -2.53. The van der Waals surface area contributed by atoms with Crippen LogP contribution < -0.4 is 10.6 Å². The summed E-state index contributed by atoms with van der Waals surface area (Å²) in [6.45, 7) is 4.46. The first-order valence-electron chi connectivity index (χ1n) is 9.33. The van der Waals surface area contributed by atoms with Crippen molar-refractivity contribution in [3.05, 3.63) is 0 Å². The van der Waals surface area contributed by atoms with E-state index in [1.807, 2.05) is 6.92 Å². The molecule has 0 aromatic carbocycles. The standard InChI is InChI=1S/C17H31F3N4/c1-2-21-16(22-11-10-17(18,19)20)23-14-7-6-12-24(13-14)15-8-4-3-5-9-15/h14-15H,2-13H2,1H3,(H2,21,22,23). The number of rotatable bonds is 5. The van der Waals surface area contributed by atoms with Gasteiger partial charge in [0.25, 0.3) is 0 Å². The molecule has 140 valence electrons. The van der Waals surface area contributed by atoms with Crippen LogP contribution in [0.2, 0.25) is 0 Å². The van der Waals surface area contributed by atoms with Gasteiger partial charge in [-0.3, -0.25) is 9.89 Å². The number of piperidine rings is 1. The summed E-state index contributed by atoms with van der Waals surface area (Å²) in [6.07, 6.45) is 3.72. The van der Waals surface area contributed by atoms with Gasteiger partial charge in [-0.2, -0.15) is 13.2 Å². The second kappa shape index (κ2) is 9.49. The molecular weight excluding hydrogens is 317 g/mol. The SMILES string of the molecule is CCNC(=NCCC(F)(F)F)NC1CCCN(C2CCCCC2)C1. The number of hydrogen-bond donors (Lipinski definition) is 2. The molecule has 2 aliphatic rings. The van der Waals surface area contributed by atoms with Crippen LogP contribution in [0.5, 0.6) is 0 Å². The molecule has 4 nitrogen and oxygen atoms in total. The van der Waals surface area contributed by atoms with Gasteiger partial charge >= 0.3 is 6.18 Å². The number of nitrogens with one attached hydrogen (secondary N) is 2. The molecule has 1 unspecified atom stereocenters. The molecule has 0 aromatic heterocycles. The average molecular weight is 348 g/mol. The fourth-order valence-corrected chi connectivity index (χ4v) is 3.71. The third-order valence-electron chi connectivity index (χ3n) is 4.89. The Kier molecular flexibility index (Phi) is 7.65. The van der Waals surface area contributed by atoms with Gasteiger partial charge in [-0.05, 0) is 39.2 Å². The highest BCUT2D eigenvalue weighted by molar-refractivity contribution is 5.80. The minimum atomic E-state index is -4.15. The van der Waals surface area contributed by atoms with Crippen molar-refractivity contribution in [1.82, 2.24) is 15.5 Å². The number of alkyl halides is 3. The number of aliphatic imine (C=N–C) groups is 1. The summed E-state index contributed by atoms with van der Waals surface area (Å²) in [5, 5.41) is 6.41. The monoisotopic (exact) mass is 348 g/mol. The summed E-state index contributed by atoms with van der Waals surface area (Å²) < 4.78 is 36.9. The molecular formula is C17H31F3N4. The van der Waals surface area contributed by atoms with Crippen molar-refractivity contribution in [3.63, 3.8) is 0 Å². The summed E-state index contributed by atoms with van der Waals surface area (Å²) in [6, 6.07) is 0.956. The van der Waals surface area contributed by atoms with Crippen molar-refractivity contribution in [3.8, 4) is 0 Å². The van der Waals surface area contributed by atoms with E-state index in [1.54, 1.807) is 0 Å². The fraction of sp³-hybridized carbons (Fsp3) is 0.941. The number of hydrogen-bond acceptors (Lipinski definition) is 2. The Morgan fingerprint density at radius 2 is 1.88 bits per heavy atom. The first-order valence-corrected chi connectivity index (χ1v) is 9.33. The minimum absolute atomic E-state index is 0.224. The Morgan fingerprint density at radius 1 is 1.12 bits per heavy atom. The zero-order valence-corrected chi connectivity index (χ0v) is 14.7. The van der Waals surface area contributed by atoms with Crippen molar-refractivity contribution >= 4 is 5.96 Å². The van der Waals surface area contributed by atoms with Gasteiger partial charge < -0.3 is 10.6 Å². The van der Waals surface area contributed by atoms with Crippen LogP contribution in [0.3, 0.4) is 0 Å². The molecule has 1 aliphatic carbocycles. The summed E-state index contributed by atoms with van der Waals surface area (Å²) in [5.74, 6) is 0.511. The lowest BCUT2D eigenvalue weighted by molar-refractivity contribution is -0.132. The van der Waals surface area contributed by atoms with Crippen molar-refractivity contribution in [2.75, 3.05) is 26.2 Å². The third-order valence-corrected chi connectivity index (χ3v) is 4.89.